The Kier molecular flexibility index (Phi) is 7.18. The molecule has 0 aliphatic heterocycles. The number of fused-ring (bicyclic) bond motifs is 8. The van der Waals surface area contributed by atoms with Crippen LogP contribution in [0.2, 0.25) is 0 Å². The molecule has 8 bridgehead atoms. The van der Waals surface area contributed by atoms with Crippen LogP contribution in [0.3, 0.4) is 0 Å². The van der Waals surface area contributed by atoms with Crippen molar-refractivity contribution in [2.75, 3.05) is 6.61 Å². The standard InChI is InChI=1S/C33H30O5/c1-3-16-37-32-26-12-6-13-27(32)18-23-9-5-11-25(31(23)36)20-29-15-7-14-28(33(29)38-21(2)34)19-24-10-4-8-22(17-26)30(24)35/h3-15,35-36H,1,16-20H2,2H3. The number of phenolic OH excluding ortho intramolecular Hbond substituents is 2. The maximum Gasteiger partial charge on any atom is 0.308 e. The fourth-order valence-electron chi connectivity index (χ4n) is 5.12. The van der Waals surface area contributed by atoms with E-state index >= 15 is 0 Å². The third-order valence-electron chi connectivity index (χ3n) is 6.88. The first-order chi connectivity index (χ1) is 18.4. The number of carbonyl (C=O) groups is 1. The highest BCUT2D eigenvalue weighted by molar-refractivity contribution is 5.71. The van der Waals surface area contributed by atoms with E-state index in [9.17, 15) is 15.0 Å². The minimum atomic E-state index is -0.422. The van der Waals surface area contributed by atoms with Crippen LogP contribution in [0.15, 0.2) is 85.5 Å². The molecule has 0 radical (unpaired) electrons. The Hall–Kier alpha value is -4.51. The molecule has 0 spiro atoms. The number of para-hydroxylation sites is 4. The number of ether oxygens (including phenoxy) is 2. The van der Waals surface area contributed by atoms with Gasteiger partial charge in [-0.1, -0.05) is 85.5 Å². The van der Waals surface area contributed by atoms with Crippen molar-refractivity contribution in [3.05, 3.63) is 130 Å². The van der Waals surface area contributed by atoms with Gasteiger partial charge in [0.25, 0.3) is 0 Å². The SMILES string of the molecule is C=CCOc1c2cccc1Cc1cccc(c1O)Cc1cccc(c1OC(C)=O)Cc1cccc(c1O)C2. The number of esters is 1. The molecule has 0 aromatic heterocycles. The van der Waals surface area contributed by atoms with Crippen molar-refractivity contribution in [1.82, 2.24) is 0 Å². The second-order valence-electron chi connectivity index (χ2n) is 9.56. The first-order valence-corrected chi connectivity index (χ1v) is 12.7. The molecular formula is C33H30O5. The van der Waals surface area contributed by atoms with Crippen LogP contribution in [-0.4, -0.2) is 22.8 Å². The summed E-state index contributed by atoms with van der Waals surface area (Å²) in [7, 11) is 0. The van der Waals surface area contributed by atoms with Crippen LogP contribution in [0.25, 0.3) is 0 Å². The summed E-state index contributed by atoms with van der Waals surface area (Å²) in [5, 5.41) is 22.6. The van der Waals surface area contributed by atoms with Crippen LogP contribution in [0, 0.1) is 0 Å². The van der Waals surface area contributed by atoms with Crippen LogP contribution < -0.4 is 9.47 Å². The molecule has 5 nitrogen and oxygen atoms in total. The zero-order valence-electron chi connectivity index (χ0n) is 21.4. The summed E-state index contributed by atoms with van der Waals surface area (Å²) in [6.07, 6.45) is 3.38. The van der Waals surface area contributed by atoms with Crippen LogP contribution >= 0.6 is 0 Å². The molecule has 4 aromatic rings. The van der Waals surface area contributed by atoms with Gasteiger partial charge in [-0.3, -0.25) is 4.79 Å². The van der Waals surface area contributed by atoms with Crippen molar-refractivity contribution in [2.45, 2.75) is 32.6 Å². The Balaban J connectivity index is 1.73. The molecule has 1 aliphatic carbocycles. The van der Waals surface area contributed by atoms with Gasteiger partial charge in [-0.2, -0.15) is 0 Å². The number of benzene rings is 4. The van der Waals surface area contributed by atoms with Crippen LogP contribution in [-0.2, 0) is 30.5 Å². The van der Waals surface area contributed by atoms with Gasteiger partial charge in [-0.25, -0.2) is 0 Å². The van der Waals surface area contributed by atoms with Gasteiger partial charge in [-0.15, -0.1) is 0 Å². The highest BCUT2D eigenvalue weighted by Gasteiger charge is 2.20. The average molecular weight is 507 g/mol. The summed E-state index contributed by atoms with van der Waals surface area (Å²) in [5.74, 6) is 1.20. The van der Waals surface area contributed by atoms with Crippen molar-refractivity contribution in [1.29, 1.82) is 0 Å². The molecule has 0 atom stereocenters. The molecule has 0 fully saturated rings. The van der Waals surface area contributed by atoms with Crippen molar-refractivity contribution >= 4 is 5.97 Å². The monoisotopic (exact) mass is 506 g/mol. The number of aromatic hydroxyl groups is 2. The molecule has 38 heavy (non-hydrogen) atoms. The molecule has 2 N–H and O–H groups in total. The van der Waals surface area contributed by atoms with E-state index in [1.54, 1.807) is 6.08 Å². The number of rotatable bonds is 4. The Morgan fingerprint density at radius 1 is 0.684 bits per heavy atom. The molecule has 0 saturated carbocycles. The second-order valence-corrected chi connectivity index (χ2v) is 9.56. The van der Waals surface area contributed by atoms with Crippen molar-refractivity contribution in [3.8, 4) is 23.0 Å². The van der Waals surface area contributed by atoms with E-state index < -0.39 is 5.97 Å². The van der Waals surface area contributed by atoms with Gasteiger partial charge >= 0.3 is 5.97 Å². The Bertz CT molecular complexity index is 1420. The molecule has 5 rings (SSSR count). The number of hydrogen-bond donors (Lipinski definition) is 2. The minimum absolute atomic E-state index is 0.210. The predicted octanol–water partition coefficient (Wildman–Crippen LogP) is 6.26. The van der Waals surface area contributed by atoms with Crippen molar-refractivity contribution in [2.24, 2.45) is 0 Å². The summed E-state index contributed by atoms with van der Waals surface area (Å²) in [6.45, 7) is 5.51. The lowest BCUT2D eigenvalue weighted by atomic mass is 9.91. The maximum atomic E-state index is 12.1. The number of hydrogen-bond acceptors (Lipinski definition) is 5. The van der Waals surface area contributed by atoms with Gasteiger partial charge in [0.15, 0.2) is 0 Å². The van der Waals surface area contributed by atoms with E-state index in [1.807, 2.05) is 72.8 Å². The molecule has 192 valence electrons. The molecule has 0 heterocycles. The molecular weight excluding hydrogens is 476 g/mol. The quantitative estimate of drug-likeness (QED) is 0.171. The van der Waals surface area contributed by atoms with E-state index in [1.165, 1.54) is 6.92 Å². The molecule has 0 unspecified atom stereocenters. The summed E-state index contributed by atoms with van der Waals surface area (Å²) < 4.78 is 11.8. The fraction of sp³-hybridized carbons (Fsp3) is 0.182. The normalized spacial score (nSPS) is 12.4. The molecule has 0 saturated heterocycles. The summed E-state index contributed by atoms with van der Waals surface area (Å²) >= 11 is 0. The third kappa shape index (κ3) is 5.14. The summed E-state index contributed by atoms with van der Waals surface area (Å²) in [6, 6.07) is 23.1. The van der Waals surface area contributed by atoms with E-state index in [0.29, 0.717) is 38.0 Å². The lowest BCUT2D eigenvalue weighted by Crippen LogP contribution is -2.08. The highest BCUT2D eigenvalue weighted by Crippen LogP contribution is 2.37. The zero-order valence-corrected chi connectivity index (χ0v) is 21.4. The van der Waals surface area contributed by atoms with Crippen molar-refractivity contribution in [3.63, 3.8) is 0 Å². The number of phenols is 2. The van der Waals surface area contributed by atoms with Gasteiger partial charge < -0.3 is 19.7 Å². The van der Waals surface area contributed by atoms with E-state index in [4.69, 9.17) is 9.47 Å². The molecule has 0 amide bonds. The van der Waals surface area contributed by atoms with Gasteiger partial charge in [0.05, 0.1) is 0 Å². The minimum Gasteiger partial charge on any atom is -0.507 e. The fourth-order valence-corrected chi connectivity index (χ4v) is 5.12. The Labute approximate surface area is 222 Å². The summed E-state index contributed by atoms with van der Waals surface area (Å²) in [4.78, 5) is 12.1. The number of carbonyl (C=O) groups excluding carboxylic acids is 1. The maximum absolute atomic E-state index is 12.1. The Morgan fingerprint density at radius 2 is 1.03 bits per heavy atom. The lowest BCUT2D eigenvalue weighted by molar-refractivity contribution is -0.132. The Morgan fingerprint density at radius 3 is 1.37 bits per heavy atom. The van der Waals surface area contributed by atoms with E-state index in [2.05, 4.69) is 6.58 Å². The molecule has 1 aliphatic rings. The topological polar surface area (TPSA) is 76.0 Å². The van der Waals surface area contributed by atoms with Gasteiger partial charge in [-0.05, 0) is 44.5 Å². The first-order valence-electron chi connectivity index (χ1n) is 12.7. The lowest BCUT2D eigenvalue weighted by Gasteiger charge is -2.19. The van der Waals surface area contributed by atoms with Crippen LogP contribution in [0.4, 0.5) is 0 Å². The molecule has 4 aromatic carbocycles. The summed E-state index contributed by atoms with van der Waals surface area (Å²) in [5.41, 5.74) is 6.43. The highest BCUT2D eigenvalue weighted by atomic mass is 16.5. The van der Waals surface area contributed by atoms with Gasteiger partial charge in [0.2, 0.25) is 0 Å². The third-order valence-corrected chi connectivity index (χ3v) is 6.88. The van der Waals surface area contributed by atoms with Crippen LogP contribution in [0.1, 0.15) is 51.4 Å². The smallest absolute Gasteiger partial charge is 0.308 e. The largest absolute Gasteiger partial charge is 0.507 e. The van der Waals surface area contributed by atoms with Crippen molar-refractivity contribution < 1.29 is 24.5 Å². The molecule has 5 heteroatoms. The van der Waals surface area contributed by atoms with Gasteiger partial charge in [0, 0.05) is 32.6 Å². The average Bonchev–Trinajstić information content (AvgIpc) is 2.89. The zero-order chi connectivity index (χ0) is 26.6. The van der Waals surface area contributed by atoms with Gasteiger partial charge in [0.1, 0.15) is 29.6 Å². The van der Waals surface area contributed by atoms with E-state index in [-0.39, 0.29) is 11.5 Å². The second kappa shape index (κ2) is 10.9. The predicted molar refractivity (Wildman–Crippen MR) is 147 cm³/mol. The van der Waals surface area contributed by atoms with Crippen LogP contribution in [0.5, 0.6) is 23.0 Å². The van der Waals surface area contributed by atoms with E-state index in [0.717, 1.165) is 50.3 Å². The first kappa shape index (κ1) is 25.2.